The normalized spacial score (nSPS) is 25.6. The van der Waals surface area contributed by atoms with Crippen LogP contribution in [0.4, 0.5) is 0 Å². The third-order valence-electron chi connectivity index (χ3n) is 3.40. The molecular weight excluding hydrogens is 197 g/mol. The van der Waals surface area contributed by atoms with Crippen LogP contribution in [-0.4, -0.2) is 10.2 Å². The van der Waals surface area contributed by atoms with Gasteiger partial charge in [-0.3, -0.25) is 4.57 Å². The molecule has 3 nitrogen and oxygen atoms in total. The Labute approximate surface area is 86.9 Å². The molecule has 3 N–H and O–H groups in total. The van der Waals surface area contributed by atoms with Crippen LogP contribution >= 0.6 is 8.03 Å². The van der Waals surface area contributed by atoms with Crippen LogP contribution in [0.25, 0.3) is 0 Å². The summed E-state index contributed by atoms with van der Waals surface area (Å²) in [6.07, 6.45) is 7.24. The largest absolute Gasteiger partial charge is 0.345 e. The minimum Gasteiger partial charge on any atom is -0.345 e. The van der Waals surface area contributed by atoms with E-state index >= 15 is 0 Å². The molecule has 1 saturated carbocycles. The van der Waals surface area contributed by atoms with Gasteiger partial charge in [0.2, 0.25) is 8.03 Å². The molecule has 0 saturated heterocycles. The SMILES string of the molecule is CCCC(N)(C1CCCCC1)[PH](=O)O. The summed E-state index contributed by atoms with van der Waals surface area (Å²) in [6.45, 7) is 2.02. The van der Waals surface area contributed by atoms with Crippen LogP contribution in [0.1, 0.15) is 51.9 Å². The van der Waals surface area contributed by atoms with Crippen molar-refractivity contribution in [1.29, 1.82) is 0 Å². The lowest BCUT2D eigenvalue weighted by Crippen LogP contribution is -2.44. The Balaban J connectivity index is 2.69. The van der Waals surface area contributed by atoms with Crippen molar-refractivity contribution >= 4 is 8.03 Å². The van der Waals surface area contributed by atoms with E-state index in [1.165, 1.54) is 19.3 Å². The maximum absolute atomic E-state index is 11.4. The van der Waals surface area contributed by atoms with E-state index in [1.807, 2.05) is 6.92 Å². The molecule has 0 radical (unpaired) electrons. The van der Waals surface area contributed by atoms with Crippen molar-refractivity contribution < 1.29 is 9.46 Å². The van der Waals surface area contributed by atoms with E-state index < -0.39 is 13.3 Å². The van der Waals surface area contributed by atoms with Gasteiger partial charge in [0.25, 0.3) is 0 Å². The van der Waals surface area contributed by atoms with Gasteiger partial charge >= 0.3 is 0 Å². The van der Waals surface area contributed by atoms with E-state index in [9.17, 15) is 9.46 Å². The minimum atomic E-state index is -2.61. The third kappa shape index (κ3) is 2.59. The first-order valence-electron chi connectivity index (χ1n) is 5.63. The molecule has 0 amide bonds. The maximum Gasteiger partial charge on any atom is 0.208 e. The zero-order valence-corrected chi connectivity index (χ0v) is 9.96. The highest BCUT2D eigenvalue weighted by Crippen LogP contribution is 2.46. The number of hydrogen-bond donors (Lipinski definition) is 2. The van der Waals surface area contributed by atoms with Gasteiger partial charge in [0.15, 0.2) is 0 Å². The van der Waals surface area contributed by atoms with Gasteiger partial charge < -0.3 is 10.6 Å². The van der Waals surface area contributed by atoms with Crippen molar-refractivity contribution in [2.24, 2.45) is 11.7 Å². The van der Waals surface area contributed by atoms with E-state index in [1.54, 1.807) is 0 Å². The number of nitrogens with two attached hydrogens (primary N) is 1. The summed E-state index contributed by atoms with van der Waals surface area (Å²) in [5.74, 6) is 0.271. The highest BCUT2D eigenvalue weighted by Gasteiger charge is 2.39. The van der Waals surface area contributed by atoms with Crippen molar-refractivity contribution in [2.45, 2.75) is 57.1 Å². The molecule has 1 aliphatic carbocycles. The van der Waals surface area contributed by atoms with Gasteiger partial charge in [-0.25, -0.2) is 0 Å². The first kappa shape index (κ1) is 12.2. The zero-order valence-electron chi connectivity index (χ0n) is 8.96. The van der Waals surface area contributed by atoms with Crippen molar-refractivity contribution in [2.75, 3.05) is 0 Å². The van der Waals surface area contributed by atoms with E-state index in [-0.39, 0.29) is 5.92 Å². The molecule has 84 valence electrons. The lowest BCUT2D eigenvalue weighted by Gasteiger charge is -2.37. The molecule has 2 unspecified atom stereocenters. The Morgan fingerprint density at radius 2 is 2.00 bits per heavy atom. The fourth-order valence-corrected chi connectivity index (χ4v) is 3.62. The third-order valence-corrected chi connectivity index (χ3v) is 4.85. The van der Waals surface area contributed by atoms with Gasteiger partial charge in [-0.2, -0.15) is 0 Å². The summed E-state index contributed by atoms with van der Waals surface area (Å²) < 4.78 is 11.4. The fourth-order valence-electron chi connectivity index (χ4n) is 2.52. The van der Waals surface area contributed by atoms with E-state index in [0.29, 0.717) is 6.42 Å². The van der Waals surface area contributed by atoms with E-state index in [4.69, 9.17) is 5.73 Å². The summed E-state index contributed by atoms with van der Waals surface area (Å²) in [6, 6.07) is 0. The molecule has 4 heteroatoms. The van der Waals surface area contributed by atoms with Gasteiger partial charge in [0.05, 0.1) is 5.28 Å². The Morgan fingerprint density at radius 3 is 2.43 bits per heavy atom. The predicted molar refractivity (Wildman–Crippen MR) is 59.6 cm³/mol. The first-order chi connectivity index (χ1) is 6.61. The maximum atomic E-state index is 11.4. The van der Waals surface area contributed by atoms with Crippen LogP contribution in [0.3, 0.4) is 0 Å². The zero-order chi connectivity index (χ0) is 10.6. The van der Waals surface area contributed by atoms with Crippen molar-refractivity contribution in [3.63, 3.8) is 0 Å². The van der Waals surface area contributed by atoms with Gasteiger partial charge in [-0.15, -0.1) is 0 Å². The molecule has 0 aromatic heterocycles. The van der Waals surface area contributed by atoms with Gasteiger partial charge in [0, 0.05) is 0 Å². The molecule has 0 bridgehead atoms. The Morgan fingerprint density at radius 1 is 1.43 bits per heavy atom. The topological polar surface area (TPSA) is 63.3 Å². The molecule has 2 atom stereocenters. The molecule has 0 spiro atoms. The monoisotopic (exact) mass is 219 g/mol. The summed E-state index contributed by atoms with van der Waals surface area (Å²) in [4.78, 5) is 9.38. The van der Waals surface area contributed by atoms with Crippen LogP contribution in [0.15, 0.2) is 0 Å². The van der Waals surface area contributed by atoms with Gasteiger partial charge in [0.1, 0.15) is 0 Å². The minimum absolute atomic E-state index is 0.271. The molecule has 0 aromatic rings. The van der Waals surface area contributed by atoms with Crippen LogP contribution < -0.4 is 5.73 Å². The van der Waals surface area contributed by atoms with Crippen LogP contribution in [0.5, 0.6) is 0 Å². The molecule has 0 aromatic carbocycles. The molecule has 0 aliphatic heterocycles. The molecule has 14 heavy (non-hydrogen) atoms. The molecule has 1 rings (SSSR count). The lowest BCUT2D eigenvalue weighted by molar-refractivity contribution is 0.247. The molecular formula is C10H22NO2P. The van der Waals surface area contributed by atoms with Gasteiger partial charge in [-0.05, 0) is 25.2 Å². The van der Waals surface area contributed by atoms with Gasteiger partial charge in [-0.1, -0.05) is 32.6 Å². The average molecular weight is 219 g/mol. The van der Waals surface area contributed by atoms with Crippen molar-refractivity contribution in [3.05, 3.63) is 0 Å². The Hall–Kier alpha value is 0.150. The summed E-state index contributed by atoms with van der Waals surface area (Å²) >= 11 is 0. The van der Waals surface area contributed by atoms with Crippen LogP contribution in [-0.2, 0) is 4.57 Å². The van der Waals surface area contributed by atoms with Crippen LogP contribution in [0.2, 0.25) is 0 Å². The second-order valence-corrected chi connectivity index (χ2v) is 5.97. The van der Waals surface area contributed by atoms with Crippen LogP contribution in [0, 0.1) is 5.92 Å². The second-order valence-electron chi connectivity index (χ2n) is 4.43. The Kier molecular flexibility index (Phi) is 4.62. The highest BCUT2D eigenvalue weighted by molar-refractivity contribution is 7.40. The molecule has 1 fully saturated rings. The van der Waals surface area contributed by atoms with E-state index in [2.05, 4.69) is 0 Å². The predicted octanol–water partition coefficient (Wildman–Crippen LogP) is 2.49. The summed E-state index contributed by atoms with van der Waals surface area (Å²) in [7, 11) is -2.61. The second kappa shape index (κ2) is 5.29. The quantitative estimate of drug-likeness (QED) is 0.714. The van der Waals surface area contributed by atoms with Crippen molar-refractivity contribution in [3.8, 4) is 0 Å². The average Bonchev–Trinajstić information content (AvgIpc) is 2.19. The number of rotatable bonds is 4. The number of hydrogen-bond acceptors (Lipinski definition) is 2. The fraction of sp³-hybridized carbons (Fsp3) is 1.00. The van der Waals surface area contributed by atoms with E-state index in [0.717, 1.165) is 19.3 Å². The standard InChI is InChI=1S/C10H22NO2P/c1-2-8-10(11,14(12)13)9-6-4-3-5-7-9/h9,14H,2-8,11H2,1H3,(H,12,13). The lowest BCUT2D eigenvalue weighted by atomic mass is 9.82. The molecule has 0 heterocycles. The molecule has 1 aliphatic rings. The summed E-state index contributed by atoms with van der Waals surface area (Å²) in [5.41, 5.74) is 6.11. The highest BCUT2D eigenvalue weighted by atomic mass is 31.1. The smallest absolute Gasteiger partial charge is 0.208 e. The Bertz CT molecular complexity index is 204. The first-order valence-corrected chi connectivity index (χ1v) is 6.99. The van der Waals surface area contributed by atoms with Crippen molar-refractivity contribution in [1.82, 2.24) is 0 Å². The summed E-state index contributed by atoms with van der Waals surface area (Å²) in [5, 5.41) is -0.778.